The van der Waals surface area contributed by atoms with Crippen LogP contribution >= 0.6 is 0 Å². The number of piperazine rings is 1. The second-order valence-corrected chi connectivity index (χ2v) is 10.0. The standard InChI is InChI=1S/C20H29N3O6S/c1-20(19(25)21-14-7-5-6-8-14)13-22(30(4,26)27)12-18(24)23(20)16-10-9-15(28-2)11-17(16)29-3/h9-11,14H,5-8,12-13H2,1-4H3,(H,21,25)/t20-/m1/s1. The van der Waals surface area contributed by atoms with E-state index in [1.54, 1.807) is 25.1 Å². The fourth-order valence-electron chi connectivity index (χ4n) is 4.16. The molecule has 0 bridgehead atoms. The van der Waals surface area contributed by atoms with Crippen LogP contribution in [0.1, 0.15) is 32.6 Å². The van der Waals surface area contributed by atoms with Crippen molar-refractivity contribution in [3.8, 4) is 11.5 Å². The van der Waals surface area contributed by atoms with Crippen LogP contribution in [0.15, 0.2) is 18.2 Å². The Bertz CT molecular complexity index is 928. The van der Waals surface area contributed by atoms with Gasteiger partial charge in [-0.15, -0.1) is 0 Å². The second-order valence-electron chi connectivity index (χ2n) is 8.03. The normalized spacial score (nSPS) is 23.5. The lowest BCUT2D eigenvalue weighted by atomic mass is 9.93. The number of hydrogen-bond acceptors (Lipinski definition) is 6. The molecule has 10 heteroatoms. The molecular weight excluding hydrogens is 410 g/mol. The Morgan fingerprint density at radius 3 is 2.43 bits per heavy atom. The average Bonchev–Trinajstić information content (AvgIpc) is 3.19. The Hall–Kier alpha value is -2.33. The molecule has 166 valence electrons. The van der Waals surface area contributed by atoms with E-state index in [1.807, 2.05) is 0 Å². The Morgan fingerprint density at radius 1 is 1.20 bits per heavy atom. The lowest BCUT2D eigenvalue weighted by molar-refractivity contribution is -0.133. The number of sulfonamides is 1. The quantitative estimate of drug-likeness (QED) is 0.712. The van der Waals surface area contributed by atoms with Gasteiger partial charge in [-0.3, -0.25) is 14.5 Å². The maximum Gasteiger partial charge on any atom is 0.247 e. The summed E-state index contributed by atoms with van der Waals surface area (Å²) < 4.78 is 36.2. The highest BCUT2D eigenvalue weighted by molar-refractivity contribution is 7.88. The Kier molecular flexibility index (Phi) is 6.28. The Morgan fingerprint density at radius 2 is 1.87 bits per heavy atom. The highest BCUT2D eigenvalue weighted by atomic mass is 32.2. The van der Waals surface area contributed by atoms with E-state index in [4.69, 9.17) is 9.47 Å². The van der Waals surface area contributed by atoms with Gasteiger partial charge in [0.25, 0.3) is 0 Å². The first-order valence-electron chi connectivity index (χ1n) is 9.91. The summed E-state index contributed by atoms with van der Waals surface area (Å²) in [6.45, 7) is 1.10. The summed E-state index contributed by atoms with van der Waals surface area (Å²) in [6.07, 6.45) is 4.85. The number of amides is 2. The van der Waals surface area contributed by atoms with E-state index in [2.05, 4.69) is 5.32 Å². The van der Waals surface area contributed by atoms with Crippen molar-refractivity contribution in [1.82, 2.24) is 9.62 Å². The van der Waals surface area contributed by atoms with Gasteiger partial charge in [-0.05, 0) is 31.9 Å². The first kappa shape index (κ1) is 22.4. The molecule has 0 aromatic heterocycles. The van der Waals surface area contributed by atoms with Crippen molar-refractivity contribution in [1.29, 1.82) is 0 Å². The molecule has 2 amide bonds. The highest BCUT2D eigenvalue weighted by Gasteiger charge is 2.51. The highest BCUT2D eigenvalue weighted by Crippen LogP contribution is 2.39. The van der Waals surface area contributed by atoms with Crippen LogP contribution in [0.4, 0.5) is 5.69 Å². The molecule has 1 saturated heterocycles. The van der Waals surface area contributed by atoms with Gasteiger partial charge in [-0.1, -0.05) is 12.8 Å². The van der Waals surface area contributed by atoms with Crippen LogP contribution in [0, 0.1) is 0 Å². The van der Waals surface area contributed by atoms with Gasteiger partial charge in [0.2, 0.25) is 21.8 Å². The number of ether oxygens (including phenoxy) is 2. The molecule has 1 aromatic rings. The molecule has 1 atom stereocenters. The monoisotopic (exact) mass is 439 g/mol. The van der Waals surface area contributed by atoms with E-state index in [0.29, 0.717) is 17.2 Å². The van der Waals surface area contributed by atoms with Gasteiger partial charge in [-0.2, -0.15) is 4.31 Å². The molecule has 3 rings (SSSR count). The lowest BCUT2D eigenvalue weighted by Crippen LogP contribution is -2.70. The van der Waals surface area contributed by atoms with Gasteiger partial charge in [0.1, 0.15) is 17.0 Å². The zero-order valence-corrected chi connectivity index (χ0v) is 18.6. The summed E-state index contributed by atoms with van der Waals surface area (Å²) >= 11 is 0. The molecule has 1 N–H and O–H groups in total. The van der Waals surface area contributed by atoms with Crippen molar-refractivity contribution >= 4 is 27.5 Å². The summed E-state index contributed by atoms with van der Waals surface area (Å²) in [7, 11) is -0.687. The van der Waals surface area contributed by atoms with Crippen LogP contribution < -0.4 is 19.7 Å². The number of benzene rings is 1. The molecule has 1 aliphatic carbocycles. The number of hydrogen-bond donors (Lipinski definition) is 1. The van der Waals surface area contributed by atoms with E-state index in [-0.39, 0.29) is 25.0 Å². The van der Waals surface area contributed by atoms with Crippen LogP contribution in [0.2, 0.25) is 0 Å². The van der Waals surface area contributed by atoms with Crippen LogP contribution in [0.3, 0.4) is 0 Å². The largest absolute Gasteiger partial charge is 0.497 e. The van der Waals surface area contributed by atoms with Gasteiger partial charge in [0.15, 0.2) is 0 Å². The number of rotatable bonds is 6. The average molecular weight is 440 g/mol. The van der Waals surface area contributed by atoms with Crippen molar-refractivity contribution in [2.45, 2.75) is 44.2 Å². The number of nitrogens with one attached hydrogen (secondary N) is 1. The van der Waals surface area contributed by atoms with Crippen molar-refractivity contribution in [2.75, 3.05) is 38.5 Å². The van der Waals surface area contributed by atoms with Crippen LogP contribution in [0.5, 0.6) is 11.5 Å². The number of carbonyl (C=O) groups is 2. The second kappa shape index (κ2) is 8.43. The molecule has 1 aromatic carbocycles. The fourth-order valence-corrected chi connectivity index (χ4v) is 4.99. The molecule has 1 heterocycles. The van der Waals surface area contributed by atoms with Gasteiger partial charge in [0, 0.05) is 18.7 Å². The molecule has 2 fully saturated rings. The zero-order chi connectivity index (χ0) is 22.1. The summed E-state index contributed by atoms with van der Waals surface area (Å²) in [4.78, 5) is 28.0. The molecule has 9 nitrogen and oxygen atoms in total. The Labute approximate surface area is 177 Å². The molecule has 0 spiro atoms. The Balaban J connectivity index is 2.06. The topological polar surface area (TPSA) is 105 Å². The van der Waals surface area contributed by atoms with Crippen molar-refractivity contribution in [3.63, 3.8) is 0 Å². The van der Waals surface area contributed by atoms with Crippen LogP contribution in [0.25, 0.3) is 0 Å². The lowest BCUT2D eigenvalue weighted by Gasteiger charge is -2.47. The summed E-state index contributed by atoms with van der Waals surface area (Å²) in [5, 5.41) is 3.02. The van der Waals surface area contributed by atoms with Gasteiger partial charge < -0.3 is 14.8 Å². The molecular formula is C20H29N3O6S. The van der Waals surface area contributed by atoms with E-state index in [0.717, 1.165) is 36.2 Å². The van der Waals surface area contributed by atoms with E-state index < -0.39 is 21.5 Å². The van der Waals surface area contributed by atoms with Crippen LogP contribution in [-0.4, -0.2) is 69.7 Å². The predicted molar refractivity (Wildman–Crippen MR) is 112 cm³/mol. The number of methoxy groups -OCH3 is 2. The minimum atomic E-state index is -3.67. The SMILES string of the molecule is COc1ccc(N2C(=O)CN(S(C)(=O)=O)C[C@]2(C)C(=O)NC2CCCC2)c(OC)c1. The first-order valence-corrected chi connectivity index (χ1v) is 11.8. The van der Waals surface area contributed by atoms with Gasteiger partial charge in [-0.25, -0.2) is 8.42 Å². The molecule has 1 aliphatic heterocycles. The van der Waals surface area contributed by atoms with E-state index in [1.165, 1.54) is 19.1 Å². The number of carbonyl (C=O) groups excluding carboxylic acids is 2. The fraction of sp³-hybridized carbons (Fsp3) is 0.600. The summed E-state index contributed by atoms with van der Waals surface area (Å²) in [6, 6.07) is 4.97. The van der Waals surface area contributed by atoms with Crippen molar-refractivity contribution < 1.29 is 27.5 Å². The minimum absolute atomic E-state index is 0.0256. The molecule has 0 unspecified atom stereocenters. The van der Waals surface area contributed by atoms with Gasteiger partial charge >= 0.3 is 0 Å². The van der Waals surface area contributed by atoms with Crippen molar-refractivity contribution in [2.24, 2.45) is 0 Å². The molecule has 2 aliphatic rings. The third-order valence-corrected chi connectivity index (χ3v) is 7.01. The van der Waals surface area contributed by atoms with E-state index >= 15 is 0 Å². The third-order valence-electron chi connectivity index (χ3n) is 5.82. The maximum atomic E-state index is 13.4. The summed E-state index contributed by atoms with van der Waals surface area (Å²) in [5.41, 5.74) is -1.05. The first-order chi connectivity index (χ1) is 14.1. The molecule has 1 saturated carbocycles. The van der Waals surface area contributed by atoms with E-state index in [9.17, 15) is 18.0 Å². The minimum Gasteiger partial charge on any atom is -0.497 e. The smallest absolute Gasteiger partial charge is 0.247 e. The number of nitrogens with zero attached hydrogens (tertiary/aromatic N) is 2. The molecule has 0 radical (unpaired) electrons. The van der Waals surface area contributed by atoms with Gasteiger partial charge in [0.05, 0.1) is 32.7 Å². The van der Waals surface area contributed by atoms with Crippen LogP contribution in [-0.2, 0) is 19.6 Å². The van der Waals surface area contributed by atoms with Crippen molar-refractivity contribution in [3.05, 3.63) is 18.2 Å². The maximum absolute atomic E-state index is 13.4. The summed E-state index contributed by atoms with van der Waals surface area (Å²) in [5.74, 6) is 0.0125. The zero-order valence-electron chi connectivity index (χ0n) is 17.8. The predicted octanol–water partition coefficient (Wildman–Crippen LogP) is 1.13. The molecule has 30 heavy (non-hydrogen) atoms. The third kappa shape index (κ3) is 4.24. The number of anilines is 1.